The summed E-state index contributed by atoms with van der Waals surface area (Å²) in [4.78, 5) is 17.3. The molecule has 1 N–H and O–H groups in total. The van der Waals surface area contributed by atoms with Crippen molar-refractivity contribution in [2.75, 3.05) is 13.1 Å². The van der Waals surface area contributed by atoms with Gasteiger partial charge in [0.25, 0.3) is 0 Å². The predicted octanol–water partition coefficient (Wildman–Crippen LogP) is 3.61. The fraction of sp³-hybridized carbons (Fsp3) is 0.471. The second kappa shape index (κ2) is 7.06. The Morgan fingerprint density at radius 2 is 2.19 bits per heavy atom. The van der Waals surface area contributed by atoms with Gasteiger partial charge in [-0.15, -0.1) is 0 Å². The number of piperidine rings is 1. The molecular formula is C17H18F3N3O3. The van der Waals surface area contributed by atoms with Gasteiger partial charge in [0.15, 0.2) is 0 Å². The van der Waals surface area contributed by atoms with Crippen LogP contribution in [-0.2, 0) is 11.0 Å². The molecule has 2 heterocycles. The molecule has 6 nitrogen and oxygen atoms in total. The second-order valence-electron chi connectivity index (χ2n) is 6.38. The maximum absolute atomic E-state index is 12.8. The van der Waals surface area contributed by atoms with Gasteiger partial charge in [0.1, 0.15) is 0 Å². The van der Waals surface area contributed by atoms with E-state index in [1.807, 2.05) is 11.8 Å². The van der Waals surface area contributed by atoms with Crippen LogP contribution in [0.1, 0.15) is 37.3 Å². The lowest BCUT2D eigenvalue weighted by Crippen LogP contribution is -2.40. The summed E-state index contributed by atoms with van der Waals surface area (Å²) in [6, 6.07) is 4.41. The molecule has 3 rings (SSSR count). The van der Waals surface area contributed by atoms with Gasteiger partial charge in [-0.3, -0.25) is 9.69 Å². The molecule has 1 saturated heterocycles. The van der Waals surface area contributed by atoms with Crippen molar-refractivity contribution >= 4 is 5.97 Å². The van der Waals surface area contributed by atoms with Crippen molar-refractivity contribution in [3.8, 4) is 11.4 Å². The number of hydrogen-bond acceptors (Lipinski definition) is 5. The van der Waals surface area contributed by atoms with E-state index < -0.39 is 23.6 Å². The van der Waals surface area contributed by atoms with Gasteiger partial charge in [-0.2, -0.15) is 18.2 Å². The number of carbonyl (C=O) groups is 1. The SMILES string of the molecule is CC(c1nc(-c2cccc(C(F)(F)F)c2)no1)N1CCCC(C(=O)O)C1. The van der Waals surface area contributed by atoms with Crippen molar-refractivity contribution in [3.63, 3.8) is 0 Å². The van der Waals surface area contributed by atoms with Gasteiger partial charge >= 0.3 is 12.1 Å². The molecule has 0 spiro atoms. The average Bonchev–Trinajstić information content (AvgIpc) is 3.10. The molecule has 0 aliphatic carbocycles. The zero-order chi connectivity index (χ0) is 18.9. The minimum absolute atomic E-state index is 0.0738. The number of alkyl halides is 3. The van der Waals surface area contributed by atoms with Crippen LogP contribution in [0, 0.1) is 5.92 Å². The van der Waals surface area contributed by atoms with E-state index >= 15 is 0 Å². The first kappa shape index (κ1) is 18.4. The number of nitrogens with zero attached hydrogens (tertiary/aromatic N) is 3. The van der Waals surface area contributed by atoms with Crippen LogP contribution in [0.5, 0.6) is 0 Å². The van der Waals surface area contributed by atoms with Crippen LogP contribution in [0.4, 0.5) is 13.2 Å². The molecule has 0 radical (unpaired) electrons. The molecule has 9 heteroatoms. The minimum atomic E-state index is -4.45. The van der Waals surface area contributed by atoms with E-state index in [0.717, 1.165) is 18.6 Å². The van der Waals surface area contributed by atoms with Gasteiger partial charge in [-0.1, -0.05) is 17.3 Å². The Hall–Kier alpha value is -2.42. The monoisotopic (exact) mass is 369 g/mol. The van der Waals surface area contributed by atoms with Crippen LogP contribution in [-0.4, -0.2) is 39.2 Å². The highest BCUT2D eigenvalue weighted by Gasteiger charge is 2.32. The quantitative estimate of drug-likeness (QED) is 0.887. The van der Waals surface area contributed by atoms with Crippen molar-refractivity contribution in [1.29, 1.82) is 0 Å². The summed E-state index contributed by atoms with van der Waals surface area (Å²) in [5.41, 5.74) is -0.571. The van der Waals surface area contributed by atoms with Crippen LogP contribution in [0.15, 0.2) is 28.8 Å². The zero-order valence-electron chi connectivity index (χ0n) is 14.0. The number of hydrogen-bond donors (Lipinski definition) is 1. The van der Waals surface area contributed by atoms with E-state index in [2.05, 4.69) is 10.1 Å². The van der Waals surface area contributed by atoms with Crippen LogP contribution in [0.2, 0.25) is 0 Å². The maximum Gasteiger partial charge on any atom is 0.416 e. The third-order valence-corrected chi connectivity index (χ3v) is 4.60. The number of likely N-dealkylation sites (tertiary alicyclic amines) is 1. The third-order valence-electron chi connectivity index (χ3n) is 4.60. The molecule has 0 bridgehead atoms. The molecule has 1 aromatic heterocycles. The Kier molecular flexibility index (Phi) is 4.99. The molecule has 1 fully saturated rings. The van der Waals surface area contributed by atoms with E-state index in [-0.39, 0.29) is 23.3 Å². The van der Waals surface area contributed by atoms with E-state index in [1.54, 1.807) is 0 Å². The summed E-state index contributed by atoms with van der Waals surface area (Å²) in [5.74, 6) is -0.956. The second-order valence-corrected chi connectivity index (χ2v) is 6.38. The summed E-state index contributed by atoms with van der Waals surface area (Å²) >= 11 is 0. The molecule has 1 aliphatic rings. The fourth-order valence-corrected chi connectivity index (χ4v) is 3.07. The number of carboxylic acids is 1. The van der Waals surface area contributed by atoms with Crippen molar-refractivity contribution in [1.82, 2.24) is 15.0 Å². The lowest BCUT2D eigenvalue weighted by atomic mass is 9.97. The van der Waals surface area contributed by atoms with Gasteiger partial charge in [-0.05, 0) is 38.4 Å². The summed E-state index contributed by atoms with van der Waals surface area (Å²) in [5, 5.41) is 13.0. The van der Waals surface area contributed by atoms with Gasteiger partial charge in [0, 0.05) is 12.1 Å². The van der Waals surface area contributed by atoms with Crippen molar-refractivity contribution in [2.24, 2.45) is 5.92 Å². The molecule has 140 valence electrons. The van der Waals surface area contributed by atoms with Gasteiger partial charge < -0.3 is 9.63 Å². The Morgan fingerprint density at radius 1 is 1.42 bits per heavy atom. The van der Waals surface area contributed by atoms with E-state index in [4.69, 9.17) is 4.52 Å². The van der Waals surface area contributed by atoms with Crippen LogP contribution in [0.25, 0.3) is 11.4 Å². The number of benzene rings is 1. The molecule has 0 saturated carbocycles. The fourth-order valence-electron chi connectivity index (χ4n) is 3.07. The molecule has 1 aromatic carbocycles. The largest absolute Gasteiger partial charge is 0.481 e. The van der Waals surface area contributed by atoms with E-state index in [1.165, 1.54) is 12.1 Å². The first-order chi connectivity index (χ1) is 12.3. The molecule has 2 aromatic rings. The van der Waals surface area contributed by atoms with Crippen LogP contribution in [0.3, 0.4) is 0 Å². The number of aromatic nitrogens is 2. The van der Waals surface area contributed by atoms with Crippen molar-refractivity contribution in [2.45, 2.75) is 32.0 Å². The number of carboxylic acid groups (broad SMARTS) is 1. The maximum atomic E-state index is 12.8. The average molecular weight is 369 g/mol. The highest BCUT2D eigenvalue weighted by Crippen LogP contribution is 2.32. The lowest BCUT2D eigenvalue weighted by Gasteiger charge is -2.33. The first-order valence-corrected chi connectivity index (χ1v) is 8.24. The van der Waals surface area contributed by atoms with Gasteiger partial charge in [0.05, 0.1) is 17.5 Å². The Morgan fingerprint density at radius 3 is 2.88 bits per heavy atom. The Labute approximate surface area is 147 Å². The van der Waals surface area contributed by atoms with Crippen LogP contribution < -0.4 is 0 Å². The topological polar surface area (TPSA) is 79.5 Å². The smallest absolute Gasteiger partial charge is 0.416 e. The lowest BCUT2D eigenvalue weighted by molar-refractivity contribution is -0.144. The van der Waals surface area contributed by atoms with Crippen molar-refractivity contribution < 1.29 is 27.6 Å². The zero-order valence-corrected chi connectivity index (χ0v) is 14.0. The molecular weight excluding hydrogens is 351 g/mol. The summed E-state index contributed by atoms with van der Waals surface area (Å²) in [7, 11) is 0. The summed E-state index contributed by atoms with van der Waals surface area (Å²) in [6.45, 7) is 2.89. The van der Waals surface area contributed by atoms with E-state index in [0.29, 0.717) is 19.5 Å². The molecule has 0 amide bonds. The van der Waals surface area contributed by atoms with E-state index in [9.17, 15) is 23.1 Å². The number of aliphatic carboxylic acids is 1. The number of halogens is 3. The normalized spacial score (nSPS) is 20.1. The predicted molar refractivity (Wildman–Crippen MR) is 85.1 cm³/mol. The first-order valence-electron chi connectivity index (χ1n) is 8.24. The summed E-state index contributed by atoms with van der Waals surface area (Å²) in [6.07, 6.45) is -3.08. The molecule has 26 heavy (non-hydrogen) atoms. The Balaban J connectivity index is 1.78. The third kappa shape index (κ3) is 3.87. The van der Waals surface area contributed by atoms with Crippen LogP contribution >= 0.6 is 0 Å². The summed E-state index contributed by atoms with van der Waals surface area (Å²) < 4.78 is 43.8. The molecule has 2 unspecified atom stereocenters. The highest BCUT2D eigenvalue weighted by atomic mass is 19.4. The minimum Gasteiger partial charge on any atom is -0.481 e. The van der Waals surface area contributed by atoms with Gasteiger partial charge in [-0.25, -0.2) is 0 Å². The molecule has 2 atom stereocenters. The van der Waals surface area contributed by atoms with Crippen molar-refractivity contribution in [3.05, 3.63) is 35.7 Å². The molecule has 1 aliphatic heterocycles. The van der Waals surface area contributed by atoms with Gasteiger partial charge in [0.2, 0.25) is 11.7 Å². The Bertz CT molecular complexity index is 791. The standard InChI is InChI=1S/C17H18F3N3O3/c1-10(23-7-3-5-12(9-23)16(24)25)15-21-14(22-26-15)11-4-2-6-13(8-11)17(18,19)20/h2,4,6,8,10,12H,3,5,7,9H2,1H3,(H,24,25). The number of rotatable bonds is 4. The highest BCUT2D eigenvalue weighted by molar-refractivity contribution is 5.70.